The van der Waals surface area contributed by atoms with Crippen LogP contribution in [0.15, 0.2) is 42.9 Å². The summed E-state index contributed by atoms with van der Waals surface area (Å²) in [6, 6.07) is 8.80. The molecule has 86 valence electrons. The molecule has 0 atom stereocenters. The van der Waals surface area contributed by atoms with Crippen LogP contribution in [0.3, 0.4) is 0 Å². The van der Waals surface area contributed by atoms with Gasteiger partial charge in [-0.25, -0.2) is 4.98 Å². The summed E-state index contributed by atoms with van der Waals surface area (Å²) in [4.78, 5) is 14.6. The van der Waals surface area contributed by atoms with Crippen LogP contribution in [0.1, 0.15) is 11.3 Å². The van der Waals surface area contributed by atoms with Gasteiger partial charge in [-0.3, -0.25) is 10.1 Å². The van der Waals surface area contributed by atoms with Crippen molar-refractivity contribution in [1.82, 2.24) is 9.55 Å². The van der Waals surface area contributed by atoms with Gasteiger partial charge in [-0.2, -0.15) is 0 Å². The molecule has 0 radical (unpaired) electrons. The summed E-state index contributed by atoms with van der Waals surface area (Å²) in [5.74, 6) is 0. The van der Waals surface area contributed by atoms with Crippen molar-refractivity contribution in [3.05, 3.63) is 64.2 Å². The van der Waals surface area contributed by atoms with Gasteiger partial charge in [0.2, 0.25) is 0 Å². The van der Waals surface area contributed by atoms with Crippen molar-refractivity contribution in [2.45, 2.75) is 0 Å². The van der Waals surface area contributed by atoms with Gasteiger partial charge in [-0.15, -0.1) is 0 Å². The number of benzene rings is 1. The summed E-state index contributed by atoms with van der Waals surface area (Å²) in [6.45, 7) is 0. The lowest BCUT2D eigenvalue weighted by molar-refractivity contribution is -0.374. The number of imidazole rings is 1. The Morgan fingerprint density at radius 3 is 2.65 bits per heavy atom. The van der Waals surface area contributed by atoms with E-state index in [4.69, 9.17) is 0 Å². The topological polar surface area (TPSA) is 61.0 Å². The van der Waals surface area contributed by atoms with Crippen molar-refractivity contribution >= 4 is 11.8 Å². The molecule has 2 rings (SSSR count). The van der Waals surface area contributed by atoms with E-state index in [0.29, 0.717) is 11.3 Å². The van der Waals surface area contributed by atoms with Gasteiger partial charge in [0.15, 0.2) is 0 Å². The molecule has 0 amide bonds. The second-order valence-electron chi connectivity index (χ2n) is 3.58. The molecule has 0 spiro atoms. The number of nitro groups is 1. The first-order chi connectivity index (χ1) is 8.18. The summed E-state index contributed by atoms with van der Waals surface area (Å²) in [7, 11) is 1.79. The van der Waals surface area contributed by atoms with E-state index in [1.807, 2.05) is 6.07 Å². The average molecular weight is 229 g/mol. The molecular formula is C12H11N3O2. The molecular weight excluding hydrogens is 218 g/mol. The van der Waals surface area contributed by atoms with E-state index in [1.165, 1.54) is 6.08 Å². The van der Waals surface area contributed by atoms with Gasteiger partial charge in [-0.1, -0.05) is 18.2 Å². The van der Waals surface area contributed by atoms with E-state index in [-0.39, 0.29) is 10.6 Å². The number of aromatic nitrogens is 2. The second-order valence-corrected chi connectivity index (χ2v) is 3.58. The maximum Gasteiger partial charge on any atom is 0.278 e. The van der Waals surface area contributed by atoms with E-state index >= 15 is 0 Å². The lowest BCUT2D eigenvalue weighted by Crippen LogP contribution is -1.99. The molecule has 5 nitrogen and oxygen atoms in total. The Morgan fingerprint density at radius 2 is 2.12 bits per heavy atom. The standard InChI is InChI=1S/C12H11N3O2/c1-14-9-13-8-11(14)7-12(15(16)17)10-5-3-2-4-6-10/h2-9H,1H3/b12-7-. The quantitative estimate of drug-likeness (QED) is 0.598. The zero-order valence-electron chi connectivity index (χ0n) is 9.28. The molecule has 0 bridgehead atoms. The largest absolute Gasteiger partial charge is 0.334 e. The van der Waals surface area contributed by atoms with Crippen LogP contribution in [0.2, 0.25) is 0 Å². The van der Waals surface area contributed by atoms with E-state index in [1.54, 1.807) is 48.4 Å². The fourth-order valence-corrected chi connectivity index (χ4v) is 1.50. The predicted octanol–water partition coefficient (Wildman–Crippen LogP) is 2.19. The third-order valence-corrected chi connectivity index (χ3v) is 2.40. The fourth-order valence-electron chi connectivity index (χ4n) is 1.50. The molecule has 0 unspecified atom stereocenters. The van der Waals surface area contributed by atoms with Gasteiger partial charge in [-0.05, 0) is 12.1 Å². The van der Waals surface area contributed by atoms with Crippen molar-refractivity contribution < 1.29 is 4.92 Å². The minimum Gasteiger partial charge on any atom is -0.334 e. The van der Waals surface area contributed by atoms with E-state index in [9.17, 15) is 10.1 Å². The molecule has 1 aromatic carbocycles. The molecule has 17 heavy (non-hydrogen) atoms. The highest BCUT2D eigenvalue weighted by atomic mass is 16.6. The minimum absolute atomic E-state index is 0.0641. The summed E-state index contributed by atoms with van der Waals surface area (Å²) in [5.41, 5.74) is 1.34. The van der Waals surface area contributed by atoms with Crippen molar-refractivity contribution in [2.75, 3.05) is 0 Å². The Hall–Kier alpha value is -2.43. The molecule has 0 saturated heterocycles. The zero-order chi connectivity index (χ0) is 12.3. The van der Waals surface area contributed by atoms with E-state index in [0.717, 1.165) is 0 Å². The van der Waals surface area contributed by atoms with Crippen LogP contribution >= 0.6 is 0 Å². The first-order valence-electron chi connectivity index (χ1n) is 5.06. The molecule has 0 fully saturated rings. The first kappa shape index (κ1) is 11.1. The highest BCUT2D eigenvalue weighted by molar-refractivity contribution is 5.75. The maximum absolute atomic E-state index is 11.0. The molecule has 2 aromatic rings. The highest BCUT2D eigenvalue weighted by Gasteiger charge is 2.14. The third kappa shape index (κ3) is 2.39. The van der Waals surface area contributed by atoms with Crippen LogP contribution in [0.5, 0.6) is 0 Å². The minimum atomic E-state index is -0.387. The van der Waals surface area contributed by atoms with Gasteiger partial charge >= 0.3 is 0 Å². The second kappa shape index (κ2) is 4.61. The number of nitrogens with zero attached hydrogens (tertiary/aromatic N) is 3. The van der Waals surface area contributed by atoms with Crippen molar-refractivity contribution in [2.24, 2.45) is 7.05 Å². The van der Waals surface area contributed by atoms with Crippen LogP contribution in [0, 0.1) is 10.1 Å². The predicted molar refractivity (Wildman–Crippen MR) is 64.5 cm³/mol. The monoisotopic (exact) mass is 229 g/mol. The number of hydrogen-bond donors (Lipinski definition) is 0. The Labute approximate surface area is 98.2 Å². The Kier molecular flexibility index (Phi) is 3.00. The van der Waals surface area contributed by atoms with Gasteiger partial charge in [0.05, 0.1) is 28.7 Å². The van der Waals surface area contributed by atoms with Crippen LogP contribution in [-0.4, -0.2) is 14.5 Å². The summed E-state index contributed by atoms with van der Waals surface area (Å²) < 4.78 is 1.73. The Bertz CT molecular complexity index is 558. The zero-order valence-corrected chi connectivity index (χ0v) is 9.28. The lowest BCUT2D eigenvalue weighted by atomic mass is 10.1. The Morgan fingerprint density at radius 1 is 1.41 bits per heavy atom. The summed E-state index contributed by atoms with van der Waals surface area (Å²) >= 11 is 0. The highest BCUT2D eigenvalue weighted by Crippen LogP contribution is 2.18. The molecule has 5 heteroatoms. The lowest BCUT2D eigenvalue weighted by Gasteiger charge is -1.99. The maximum atomic E-state index is 11.0. The number of aryl methyl sites for hydroxylation is 1. The normalized spacial score (nSPS) is 11.5. The molecule has 1 heterocycles. The van der Waals surface area contributed by atoms with Crippen molar-refractivity contribution in [3.8, 4) is 0 Å². The molecule has 1 aromatic heterocycles. The van der Waals surface area contributed by atoms with Crippen molar-refractivity contribution in [1.29, 1.82) is 0 Å². The Balaban J connectivity index is 2.47. The number of rotatable bonds is 3. The van der Waals surface area contributed by atoms with Gasteiger partial charge in [0, 0.05) is 13.1 Å². The van der Waals surface area contributed by atoms with Crippen LogP contribution in [0.25, 0.3) is 11.8 Å². The molecule has 0 aliphatic rings. The van der Waals surface area contributed by atoms with Gasteiger partial charge < -0.3 is 4.57 Å². The van der Waals surface area contributed by atoms with Crippen LogP contribution < -0.4 is 0 Å². The summed E-state index contributed by atoms with van der Waals surface area (Å²) in [6.07, 6.45) is 4.71. The number of hydrogen-bond acceptors (Lipinski definition) is 3. The average Bonchev–Trinajstić information content (AvgIpc) is 2.72. The smallest absolute Gasteiger partial charge is 0.278 e. The fraction of sp³-hybridized carbons (Fsp3) is 0.0833. The molecule has 0 aliphatic carbocycles. The van der Waals surface area contributed by atoms with Gasteiger partial charge in [0.25, 0.3) is 5.70 Å². The van der Waals surface area contributed by atoms with E-state index in [2.05, 4.69) is 4.98 Å². The van der Waals surface area contributed by atoms with E-state index < -0.39 is 0 Å². The summed E-state index contributed by atoms with van der Waals surface area (Å²) in [5, 5.41) is 11.0. The van der Waals surface area contributed by atoms with Crippen LogP contribution in [0.4, 0.5) is 0 Å². The molecule has 0 N–H and O–H groups in total. The van der Waals surface area contributed by atoms with Crippen molar-refractivity contribution in [3.63, 3.8) is 0 Å². The van der Waals surface area contributed by atoms with Crippen LogP contribution in [-0.2, 0) is 7.05 Å². The first-order valence-corrected chi connectivity index (χ1v) is 5.06. The molecule has 0 aliphatic heterocycles. The molecule has 0 saturated carbocycles. The third-order valence-electron chi connectivity index (χ3n) is 2.40. The SMILES string of the molecule is Cn1cncc1/C=C(/c1ccccc1)[N+](=O)[O-]. The van der Waals surface area contributed by atoms with Gasteiger partial charge in [0.1, 0.15) is 0 Å².